The smallest absolute Gasteiger partial charge is 0.179 e. The first-order valence-corrected chi connectivity index (χ1v) is 9.73. The van der Waals surface area contributed by atoms with Crippen molar-refractivity contribution in [1.82, 2.24) is 9.97 Å². The van der Waals surface area contributed by atoms with Gasteiger partial charge in [-0.15, -0.1) is 0 Å². The van der Waals surface area contributed by atoms with Crippen LogP contribution in [0.4, 0.5) is 0 Å². The standard InChI is InChI=1S/C17H14Cl2N2O2S/c1-10-7-11(13(19)9-12(10)18)8-16(24(2,22)23)17-20-14-5-3-4-6-15(14)21-17/h3-9H,1-2H3,(H,20,21)/b16-8+. The SMILES string of the molecule is Cc1cc(/C=C(\c2nc3ccccc3[nH]2)S(C)(=O)=O)c(Cl)cc1Cl. The minimum atomic E-state index is -3.53. The van der Waals surface area contributed by atoms with E-state index in [0.717, 1.165) is 17.3 Å². The Hall–Kier alpha value is -1.82. The van der Waals surface area contributed by atoms with Gasteiger partial charge < -0.3 is 4.98 Å². The predicted octanol–water partition coefficient (Wildman–Crippen LogP) is 4.72. The molecule has 0 atom stereocenters. The Balaban J connectivity index is 2.23. The molecular weight excluding hydrogens is 367 g/mol. The first kappa shape index (κ1) is 17.0. The van der Waals surface area contributed by atoms with Crippen LogP contribution in [0.5, 0.6) is 0 Å². The lowest BCUT2D eigenvalue weighted by Crippen LogP contribution is -2.02. The summed E-state index contributed by atoms with van der Waals surface area (Å²) in [6, 6.07) is 10.7. The third kappa shape index (κ3) is 3.34. The second-order valence-electron chi connectivity index (χ2n) is 5.51. The third-order valence-electron chi connectivity index (χ3n) is 3.59. The topological polar surface area (TPSA) is 62.8 Å². The molecule has 0 amide bonds. The summed E-state index contributed by atoms with van der Waals surface area (Å²) in [5, 5.41) is 0.907. The van der Waals surface area contributed by atoms with Crippen molar-refractivity contribution in [3.63, 3.8) is 0 Å². The molecule has 0 saturated carbocycles. The fourth-order valence-corrected chi connectivity index (χ4v) is 3.58. The molecule has 124 valence electrons. The van der Waals surface area contributed by atoms with Crippen LogP contribution in [0.3, 0.4) is 0 Å². The van der Waals surface area contributed by atoms with Crippen molar-refractivity contribution in [2.75, 3.05) is 6.26 Å². The van der Waals surface area contributed by atoms with E-state index in [4.69, 9.17) is 23.2 Å². The van der Waals surface area contributed by atoms with E-state index in [1.54, 1.807) is 12.1 Å². The Bertz CT molecular complexity index is 1040. The second kappa shape index (κ2) is 6.24. The van der Waals surface area contributed by atoms with Gasteiger partial charge in [0, 0.05) is 16.3 Å². The molecule has 0 aliphatic rings. The summed E-state index contributed by atoms with van der Waals surface area (Å²) in [5.74, 6) is 0.280. The molecule has 1 aromatic heterocycles. The van der Waals surface area contributed by atoms with Gasteiger partial charge in [0.1, 0.15) is 10.7 Å². The number of hydrogen-bond donors (Lipinski definition) is 1. The summed E-state index contributed by atoms with van der Waals surface area (Å²) in [6.07, 6.45) is 2.65. The zero-order valence-electron chi connectivity index (χ0n) is 13.0. The average Bonchev–Trinajstić information content (AvgIpc) is 2.91. The van der Waals surface area contributed by atoms with E-state index in [2.05, 4.69) is 9.97 Å². The molecule has 0 spiro atoms. The van der Waals surface area contributed by atoms with Gasteiger partial charge >= 0.3 is 0 Å². The van der Waals surface area contributed by atoms with Crippen molar-refractivity contribution in [3.8, 4) is 0 Å². The molecule has 3 rings (SSSR count). The monoisotopic (exact) mass is 380 g/mol. The lowest BCUT2D eigenvalue weighted by molar-refractivity contribution is 0.611. The second-order valence-corrected chi connectivity index (χ2v) is 8.30. The van der Waals surface area contributed by atoms with Crippen LogP contribution in [0.1, 0.15) is 17.0 Å². The van der Waals surface area contributed by atoms with Crippen LogP contribution in [0, 0.1) is 6.92 Å². The van der Waals surface area contributed by atoms with Crippen LogP contribution in [0.15, 0.2) is 36.4 Å². The largest absolute Gasteiger partial charge is 0.337 e. The molecule has 0 saturated heterocycles. The molecule has 0 unspecified atom stereocenters. The molecular formula is C17H14Cl2N2O2S. The maximum atomic E-state index is 12.3. The molecule has 1 heterocycles. The molecule has 1 N–H and O–H groups in total. The summed E-state index contributed by atoms with van der Waals surface area (Å²) >= 11 is 12.2. The number of sulfone groups is 1. The van der Waals surface area contributed by atoms with Crippen LogP contribution in [-0.4, -0.2) is 24.6 Å². The number of aromatic amines is 1. The van der Waals surface area contributed by atoms with E-state index >= 15 is 0 Å². The first-order valence-electron chi connectivity index (χ1n) is 7.08. The Morgan fingerprint density at radius 2 is 1.88 bits per heavy atom. The fraction of sp³-hybridized carbons (Fsp3) is 0.118. The minimum Gasteiger partial charge on any atom is -0.337 e. The number of aryl methyl sites for hydroxylation is 1. The third-order valence-corrected chi connectivity index (χ3v) is 5.43. The molecule has 0 radical (unpaired) electrons. The summed E-state index contributed by atoms with van der Waals surface area (Å²) in [4.78, 5) is 7.48. The Morgan fingerprint density at radius 3 is 2.54 bits per heavy atom. The number of nitrogens with zero attached hydrogens (tertiary/aromatic N) is 1. The van der Waals surface area contributed by atoms with Crippen molar-refractivity contribution in [2.45, 2.75) is 6.92 Å². The van der Waals surface area contributed by atoms with Gasteiger partial charge in [0.2, 0.25) is 0 Å². The van der Waals surface area contributed by atoms with Gasteiger partial charge in [0.05, 0.1) is 11.0 Å². The van der Waals surface area contributed by atoms with E-state index in [9.17, 15) is 8.42 Å². The van der Waals surface area contributed by atoms with Gasteiger partial charge in [-0.1, -0.05) is 35.3 Å². The van der Waals surface area contributed by atoms with Gasteiger partial charge in [-0.3, -0.25) is 0 Å². The molecule has 2 aromatic carbocycles. The minimum absolute atomic E-state index is 0.0716. The highest BCUT2D eigenvalue weighted by Gasteiger charge is 2.19. The quantitative estimate of drug-likeness (QED) is 0.714. The van der Waals surface area contributed by atoms with Crippen LogP contribution in [0.25, 0.3) is 22.0 Å². The normalized spacial score (nSPS) is 12.8. The highest BCUT2D eigenvalue weighted by atomic mass is 35.5. The Kier molecular flexibility index (Phi) is 4.42. The Morgan fingerprint density at radius 1 is 1.17 bits per heavy atom. The van der Waals surface area contributed by atoms with Gasteiger partial charge in [-0.2, -0.15) is 0 Å². The van der Waals surface area contributed by atoms with E-state index < -0.39 is 9.84 Å². The van der Waals surface area contributed by atoms with E-state index in [1.807, 2.05) is 31.2 Å². The fourth-order valence-electron chi connectivity index (χ4n) is 2.35. The summed E-state index contributed by atoms with van der Waals surface area (Å²) in [7, 11) is -3.53. The number of fused-ring (bicyclic) bond motifs is 1. The van der Waals surface area contributed by atoms with Gasteiger partial charge in [0.25, 0.3) is 0 Å². The molecule has 24 heavy (non-hydrogen) atoms. The zero-order chi connectivity index (χ0) is 17.5. The number of H-pyrrole nitrogens is 1. The summed E-state index contributed by atoms with van der Waals surface area (Å²) in [6.45, 7) is 1.83. The van der Waals surface area contributed by atoms with Crippen molar-refractivity contribution >= 4 is 55.1 Å². The van der Waals surface area contributed by atoms with Crippen molar-refractivity contribution < 1.29 is 8.42 Å². The van der Waals surface area contributed by atoms with Gasteiger partial charge in [-0.25, -0.2) is 13.4 Å². The molecule has 3 aromatic rings. The van der Waals surface area contributed by atoms with Crippen molar-refractivity contribution in [2.24, 2.45) is 0 Å². The van der Waals surface area contributed by atoms with E-state index in [1.165, 1.54) is 6.08 Å². The number of halogens is 2. The van der Waals surface area contributed by atoms with Crippen LogP contribution in [-0.2, 0) is 9.84 Å². The van der Waals surface area contributed by atoms with Crippen molar-refractivity contribution in [1.29, 1.82) is 0 Å². The summed E-state index contributed by atoms with van der Waals surface area (Å²) in [5.41, 5.74) is 2.84. The number of nitrogens with one attached hydrogen (secondary N) is 1. The molecule has 0 aliphatic heterocycles. The highest BCUT2D eigenvalue weighted by Crippen LogP contribution is 2.30. The highest BCUT2D eigenvalue weighted by molar-refractivity contribution is 8.00. The molecule has 0 fully saturated rings. The van der Waals surface area contributed by atoms with E-state index in [0.29, 0.717) is 21.1 Å². The summed E-state index contributed by atoms with van der Waals surface area (Å²) < 4.78 is 24.6. The number of hydrogen-bond acceptors (Lipinski definition) is 3. The lowest BCUT2D eigenvalue weighted by atomic mass is 10.1. The lowest BCUT2D eigenvalue weighted by Gasteiger charge is -2.06. The number of imidazole rings is 1. The molecule has 4 nitrogen and oxygen atoms in total. The van der Waals surface area contributed by atoms with Crippen LogP contribution >= 0.6 is 23.2 Å². The number of para-hydroxylation sites is 2. The molecule has 7 heteroatoms. The van der Waals surface area contributed by atoms with Crippen molar-refractivity contribution in [3.05, 3.63) is 63.4 Å². The Labute approximate surface area is 150 Å². The molecule has 0 aliphatic carbocycles. The predicted molar refractivity (Wildman–Crippen MR) is 100 cm³/mol. The van der Waals surface area contributed by atoms with Crippen LogP contribution < -0.4 is 0 Å². The van der Waals surface area contributed by atoms with Gasteiger partial charge in [0.15, 0.2) is 9.84 Å². The number of benzene rings is 2. The zero-order valence-corrected chi connectivity index (χ0v) is 15.3. The first-order chi connectivity index (χ1) is 11.3. The van der Waals surface area contributed by atoms with Crippen LogP contribution in [0.2, 0.25) is 10.0 Å². The maximum absolute atomic E-state index is 12.3. The van der Waals surface area contributed by atoms with E-state index in [-0.39, 0.29) is 10.7 Å². The maximum Gasteiger partial charge on any atom is 0.179 e. The average molecular weight is 381 g/mol. The van der Waals surface area contributed by atoms with Gasteiger partial charge in [-0.05, 0) is 48.4 Å². The number of rotatable bonds is 3. The molecule has 0 bridgehead atoms. The number of aromatic nitrogens is 2.